The van der Waals surface area contributed by atoms with E-state index >= 15 is 0 Å². The van der Waals surface area contributed by atoms with Crippen molar-refractivity contribution in [2.24, 2.45) is 5.41 Å². The molecular weight excluding hydrogens is 360 g/mol. The molecule has 1 saturated heterocycles. The van der Waals surface area contributed by atoms with Gasteiger partial charge in [-0.2, -0.15) is 0 Å². The van der Waals surface area contributed by atoms with Crippen molar-refractivity contribution in [2.45, 2.75) is 6.42 Å². The summed E-state index contributed by atoms with van der Waals surface area (Å²) in [5.41, 5.74) is -0.155. The number of carbonyl (C=O) groups excluding carboxylic acids is 2. The highest BCUT2D eigenvalue weighted by molar-refractivity contribution is 8.77. The largest absolute Gasteiger partial charge is 0.508 e. The van der Waals surface area contributed by atoms with Gasteiger partial charge in [-0.3, -0.25) is 0 Å². The van der Waals surface area contributed by atoms with Crippen LogP contribution in [-0.4, -0.2) is 77.7 Å². The van der Waals surface area contributed by atoms with Gasteiger partial charge in [-0.1, -0.05) is 21.6 Å². The van der Waals surface area contributed by atoms with Gasteiger partial charge in [0.1, 0.15) is 13.2 Å². The third-order valence-electron chi connectivity index (χ3n) is 3.00. The van der Waals surface area contributed by atoms with Crippen LogP contribution in [0.1, 0.15) is 6.42 Å². The standard InChI is InChI=1S/C14H24O8S2/c1-17-6-7-21-12(15)19-4-3-5-20-13(16)22-9-14(8-18-2)10-23-24-11-14/h3-11H2,1-2H3. The van der Waals surface area contributed by atoms with Crippen molar-refractivity contribution in [3.63, 3.8) is 0 Å². The van der Waals surface area contributed by atoms with Crippen LogP contribution in [0.25, 0.3) is 0 Å². The van der Waals surface area contributed by atoms with E-state index in [2.05, 4.69) is 0 Å². The monoisotopic (exact) mass is 384 g/mol. The lowest BCUT2D eigenvalue weighted by Crippen LogP contribution is -2.35. The molecule has 0 aliphatic carbocycles. The van der Waals surface area contributed by atoms with E-state index in [0.717, 1.165) is 11.5 Å². The fourth-order valence-electron chi connectivity index (χ4n) is 1.76. The van der Waals surface area contributed by atoms with Crippen LogP contribution in [-0.2, 0) is 28.4 Å². The minimum atomic E-state index is -0.771. The van der Waals surface area contributed by atoms with Gasteiger partial charge in [0, 0.05) is 37.6 Å². The second-order valence-electron chi connectivity index (χ2n) is 5.14. The van der Waals surface area contributed by atoms with E-state index in [4.69, 9.17) is 28.4 Å². The molecule has 10 heteroatoms. The summed E-state index contributed by atoms with van der Waals surface area (Å²) in [6.07, 6.45) is -1.13. The van der Waals surface area contributed by atoms with Gasteiger partial charge in [0.25, 0.3) is 0 Å². The van der Waals surface area contributed by atoms with Gasteiger partial charge < -0.3 is 28.4 Å². The number of ether oxygens (including phenoxy) is 6. The van der Waals surface area contributed by atoms with Gasteiger partial charge in [0.2, 0.25) is 0 Å². The zero-order valence-electron chi connectivity index (χ0n) is 13.9. The maximum atomic E-state index is 11.6. The van der Waals surface area contributed by atoms with Crippen LogP contribution < -0.4 is 0 Å². The molecule has 1 heterocycles. The highest BCUT2D eigenvalue weighted by Gasteiger charge is 2.37. The third-order valence-corrected chi connectivity index (χ3v) is 5.83. The molecule has 8 nitrogen and oxygen atoms in total. The number of rotatable bonds is 11. The van der Waals surface area contributed by atoms with Crippen molar-refractivity contribution in [1.29, 1.82) is 0 Å². The summed E-state index contributed by atoms with van der Waals surface area (Å²) in [4.78, 5) is 22.7. The predicted molar refractivity (Wildman–Crippen MR) is 90.3 cm³/mol. The van der Waals surface area contributed by atoms with Crippen molar-refractivity contribution in [2.75, 3.05) is 65.4 Å². The van der Waals surface area contributed by atoms with Crippen LogP contribution in [0.4, 0.5) is 9.59 Å². The molecule has 0 N–H and O–H groups in total. The van der Waals surface area contributed by atoms with Crippen LogP contribution in [0, 0.1) is 5.41 Å². The van der Waals surface area contributed by atoms with Crippen LogP contribution in [0.5, 0.6) is 0 Å². The van der Waals surface area contributed by atoms with Crippen molar-refractivity contribution in [3.8, 4) is 0 Å². The maximum Gasteiger partial charge on any atom is 0.508 e. The first-order valence-corrected chi connectivity index (χ1v) is 9.92. The zero-order chi connectivity index (χ0) is 17.7. The zero-order valence-corrected chi connectivity index (χ0v) is 15.6. The second kappa shape index (κ2) is 12.5. The van der Waals surface area contributed by atoms with Crippen molar-refractivity contribution in [1.82, 2.24) is 0 Å². The summed E-state index contributed by atoms with van der Waals surface area (Å²) in [7, 11) is 6.63. The Kier molecular flexibility index (Phi) is 11.1. The maximum absolute atomic E-state index is 11.6. The summed E-state index contributed by atoms with van der Waals surface area (Å²) in [5, 5.41) is 0. The Morgan fingerprint density at radius 2 is 1.38 bits per heavy atom. The van der Waals surface area contributed by atoms with E-state index < -0.39 is 12.3 Å². The van der Waals surface area contributed by atoms with E-state index in [1.54, 1.807) is 28.7 Å². The Morgan fingerprint density at radius 1 is 0.792 bits per heavy atom. The topological polar surface area (TPSA) is 89.5 Å². The predicted octanol–water partition coefficient (Wildman–Crippen LogP) is 2.36. The lowest BCUT2D eigenvalue weighted by atomic mass is 9.95. The Labute approximate surface area is 149 Å². The summed E-state index contributed by atoms with van der Waals surface area (Å²) in [6, 6.07) is 0. The summed E-state index contributed by atoms with van der Waals surface area (Å²) >= 11 is 0. The molecule has 0 unspecified atom stereocenters. The van der Waals surface area contributed by atoms with Gasteiger partial charge in [0.05, 0.1) is 26.4 Å². The summed E-state index contributed by atoms with van der Waals surface area (Å²) < 4.78 is 29.5. The second-order valence-corrected chi connectivity index (χ2v) is 7.60. The molecule has 0 amide bonds. The number of carbonyl (C=O) groups is 2. The molecule has 0 aromatic carbocycles. The van der Waals surface area contributed by atoms with E-state index in [0.29, 0.717) is 19.6 Å². The van der Waals surface area contributed by atoms with Crippen molar-refractivity contribution < 1.29 is 38.0 Å². The molecule has 1 aliphatic rings. The molecule has 1 aliphatic heterocycles. The molecule has 140 valence electrons. The lowest BCUT2D eigenvalue weighted by Gasteiger charge is -2.25. The highest BCUT2D eigenvalue weighted by Crippen LogP contribution is 2.43. The van der Waals surface area contributed by atoms with E-state index in [9.17, 15) is 9.59 Å². The number of hydrogen-bond acceptors (Lipinski definition) is 10. The molecule has 0 atom stereocenters. The van der Waals surface area contributed by atoms with Crippen LogP contribution in [0.15, 0.2) is 0 Å². The third kappa shape index (κ3) is 8.86. The van der Waals surface area contributed by atoms with Crippen LogP contribution in [0.3, 0.4) is 0 Å². The first kappa shape index (κ1) is 21.2. The Bertz CT molecular complexity index is 374. The molecule has 24 heavy (non-hydrogen) atoms. The lowest BCUT2D eigenvalue weighted by molar-refractivity contribution is 0.00465. The Hall–Kier alpha value is -0.840. The normalized spacial score (nSPS) is 15.8. The minimum Gasteiger partial charge on any atom is -0.434 e. The smallest absolute Gasteiger partial charge is 0.434 e. The molecule has 0 radical (unpaired) electrons. The first-order chi connectivity index (χ1) is 11.6. The van der Waals surface area contributed by atoms with E-state index in [-0.39, 0.29) is 31.8 Å². The molecule has 0 aromatic heterocycles. The van der Waals surface area contributed by atoms with Gasteiger partial charge in [-0.05, 0) is 0 Å². The Morgan fingerprint density at radius 3 is 1.96 bits per heavy atom. The van der Waals surface area contributed by atoms with E-state index in [1.807, 2.05) is 0 Å². The average molecular weight is 384 g/mol. The quantitative estimate of drug-likeness (QED) is 0.300. The molecule has 1 fully saturated rings. The molecule has 0 saturated carbocycles. The molecular formula is C14H24O8S2. The SMILES string of the molecule is COCCOC(=O)OCCCOC(=O)OCC1(COC)CSSC1. The molecule has 1 rings (SSSR count). The van der Waals surface area contributed by atoms with Crippen molar-refractivity contribution >= 4 is 33.9 Å². The van der Waals surface area contributed by atoms with Gasteiger partial charge >= 0.3 is 12.3 Å². The Balaban J connectivity index is 2.04. The summed E-state index contributed by atoms with van der Waals surface area (Å²) in [5.74, 6) is 1.75. The molecule has 0 spiro atoms. The highest BCUT2D eigenvalue weighted by atomic mass is 33.1. The molecule has 0 bridgehead atoms. The van der Waals surface area contributed by atoms with Crippen LogP contribution >= 0.6 is 21.6 Å². The minimum absolute atomic E-state index is 0.0972. The average Bonchev–Trinajstić information content (AvgIpc) is 3.02. The first-order valence-electron chi connectivity index (χ1n) is 7.43. The number of hydrogen-bond donors (Lipinski definition) is 0. The van der Waals surface area contributed by atoms with Gasteiger partial charge in [0.15, 0.2) is 0 Å². The number of methoxy groups -OCH3 is 2. The molecule has 0 aromatic rings. The van der Waals surface area contributed by atoms with E-state index in [1.165, 1.54) is 7.11 Å². The fourth-order valence-corrected chi connectivity index (χ4v) is 5.10. The fraction of sp³-hybridized carbons (Fsp3) is 0.857. The van der Waals surface area contributed by atoms with Gasteiger partial charge in [-0.15, -0.1) is 0 Å². The van der Waals surface area contributed by atoms with Crippen LogP contribution in [0.2, 0.25) is 0 Å². The van der Waals surface area contributed by atoms with Gasteiger partial charge in [-0.25, -0.2) is 9.59 Å². The summed E-state index contributed by atoms with van der Waals surface area (Å²) in [6.45, 7) is 1.45. The van der Waals surface area contributed by atoms with Crippen molar-refractivity contribution in [3.05, 3.63) is 0 Å².